The quantitative estimate of drug-likeness (QED) is 0.583. The fourth-order valence-corrected chi connectivity index (χ4v) is 1.81. The van der Waals surface area contributed by atoms with Crippen molar-refractivity contribution in [2.24, 2.45) is 0 Å². The molecule has 1 rings (SSSR count). The molecule has 1 saturated heterocycles. The third kappa shape index (κ3) is 2.52. The Morgan fingerprint density at radius 1 is 1.25 bits per heavy atom. The molecule has 1 fully saturated rings. The summed E-state index contributed by atoms with van der Waals surface area (Å²) in [5, 5.41) is 0. The summed E-state index contributed by atoms with van der Waals surface area (Å²) in [4.78, 5) is 11.5. The maximum absolute atomic E-state index is 11.5. The first kappa shape index (κ1) is 13.4. The normalized spacial score (nSPS) is 31.5. The summed E-state index contributed by atoms with van der Waals surface area (Å²) in [6.45, 7) is 0.324. The SMILES string of the molecule is COC[C@@H](OC)[C@H]1OC(=O)[C@H](OC)[C@H]1OC. The molecule has 0 saturated carbocycles. The van der Waals surface area contributed by atoms with E-state index >= 15 is 0 Å². The van der Waals surface area contributed by atoms with E-state index in [1.165, 1.54) is 21.3 Å². The predicted molar refractivity (Wildman–Crippen MR) is 54.1 cm³/mol. The Balaban J connectivity index is 2.75. The predicted octanol–water partition coefficient (Wildman–Crippen LogP) is -0.397. The van der Waals surface area contributed by atoms with Gasteiger partial charge in [0.15, 0.2) is 12.2 Å². The van der Waals surface area contributed by atoms with Gasteiger partial charge in [0.1, 0.15) is 12.2 Å². The molecule has 6 nitrogen and oxygen atoms in total. The van der Waals surface area contributed by atoms with E-state index < -0.39 is 24.3 Å². The monoisotopic (exact) mass is 234 g/mol. The number of hydrogen-bond donors (Lipinski definition) is 0. The number of esters is 1. The Labute approximate surface area is 94.7 Å². The molecule has 0 spiro atoms. The number of rotatable bonds is 6. The molecule has 0 aromatic rings. The molecule has 0 aromatic carbocycles. The first-order valence-corrected chi connectivity index (χ1v) is 4.97. The minimum Gasteiger partial charge on any atom is -0.455 e. The van der Waals surface area contributed by atoms with Crippen molar-refractivity contribution in [1.82, 2.24) is 0 Å². The third-order valence-electron chi connectivity index (χ3n) is 2.63. The van der Waals surface area contributed by atoms with Crippen LogP contribution in [0.5, 0.6) is 0 Å². The van der Waals surface area contributed by atoms with Gasteiger partial charge in [-0.15, -0.1) is 0 Å². The number of carbonyl (C=O) groups is 1. The number of ether oxygens (including phenoxy) is 5. The molecule has 6 heteroatoms. The summed E-state index contributed by atoms with van der Waals surface area (Å²) < 4.78 is 25.6. The summed E-state index contributed by atoms with van der Waals surface area (Å²) in [6, 6.07) is 0. The van der Waals surface area contributed by atoms with E-state index in [0.717, 1.165) is 0 Å². The van der Waals surface area contributed by atoms with Crippen LogP contribution in [0.25, 0.3) is 0 Å². The first-order valence-electron chi connectivity index (χ1n) is 4.97. The topological polar surface area (TPSA) is 63.2 Å². The molecule has 4 atom stereocenters. The van der Waals surface area contributed by atoms with Gasteiger partial charge in [-0.2, -0.15) is 0 Å². The number of methoxy groups -OCH3 is 4. The highest BCUT2D eigenvalue weighted by molar-refractivity contribution is 5.78. The van der Waals surface area contributed by atoms with E-state index in [9.17, 15) is 4.79 Å². The van der Waals surface area contributed by atoms with Crippen molar-refractivity contribution in [3.63, 3.8) is 0 Å². The van der Waals surface area contributed by atoms with Gasteiger partial charge in [0.05, 0.1) is 6.61 Å². The Kier molecular flexibility index (Phi) is 5.14. The standard InChI is InChI=1S/C10H18O6/c1-12-5-6(13-2)7-8(14-3)9(15-4)10(11)16-7/h6-9H,5H2,1-4H3/t6-,7-,8+,9-/m1/s1. The van der Waals surface area contributed by atoms with Gasteiger partial charge >= 0.3 is 5.97 Å². The van der Waals surface area contributed by atoms with Gasteiger partial charge in [-0.3, -0.25) is 0 Å². The highest BCUT2D eigenvalue weighted by Crippen LogP contribution is 2.24. The Morgan fingerprint density at radius 3 is 2.38 bits per heavy atom. The lowest BCUT2D eigenvalue weighted by Gasteiger charge is -2.25. The zero-order valence-electron chi connectivity index (χ0n) is 9.97. The molecule has 0 N–H and O–H groups in total. The Bertz CT molecular complexity index is 231. The lowest BCUT2D eigenvalue weighted by Crippen LogP contribution is -2.43. The third-order valence-corrected chi connectivity index (χ3v) is 2.63. The Morgan fingerprint density at radius 2 is 1.94 bits per heavy atom. The molecule has 0 unspecified atom stereocenters. The van der Waals surface area contributed by atoms with Crippen molar-refractivity contribution in [3.05, 3.63) is 0 Å². The van der Waals surface area contributed by atoms with Crippen LogP contribution in [0.1, 0.15) is 0 Å². The first-order chi connectivity index (χ1) is 7.69. The van der Waals surface area contributed by atoms with Crippen molar-refractivity contribution < 1.29 is 28.5 Å². The van der Waals surface area contributed by atoms with E-state index in [1.54, 1.807) is 7.11 Å². The van der Waals surface area contributed by atoms with Gasteiger partial charge in [0.2, 0.25) is 0 Å². The fraction of sp³-hybridized carbons (Fsp3) is 0.900. The average Bonchev–Trinajstić information content (AvgIpc) is 2.61. The van der Waals surface area contributed by atoms with E-state index in [0.29, 0.717) is 6.61 Å². The van der Waals surface area contributed by atoms with Crippen molar-refractivity contribution in [1.29, 1.82) is 0 Å². The van der Waals surface area contributed by atoms with Gasteiger partial charge in [0.25, 0.3) is 0 Å². The van der Waals surface area contributed by atoms with Crippen molar-refractivity contribution in [2.45, 2.75) is 24.4 Å². The maximum Gasteiger partial charge on any atom is 0.338 e. The molecule has 1 heterocycles. The number of cyclic esters (lactones) is 1. The van der Waals surface area contributed by atoms with Crippen LogP contribution in [0.15, 0.2) is 0 Å². The highest BCUT2D eigenvalue weighted by atomic mass is 16.6. The summed E-state index contributed by atoms with van der Waals surface area (Å²) in [5.41, 5.74) is 0. The maximum atomic E-state index is 11.5. The van der Waals surface area contributed by atoms with E-state index in [2.05, 4.69) is 0 Å². The van der Waals surface area contributed by atoms with Gasteiger partial charge in [-0.05, 0) is 0 Å². The molecule has 1 aliphatic rings. The smallest absolute Gasteiger partial charge is 0.338 e. The van der Waals surface area contributed by atoms with Crippen LogP contribution in [0.4, 0.5) is 0 Å². The van der Waals surface area contributed by atoms with Gasteiger partial charge in [0, 0.05) is 28.4 Å². The molecule has 16 heavy (non-hydrogen) atoms. The van der Waals surface area contributed by atoms with Crippen LogP contribution < -0.4 is 0 Å². The highest BCUT2D eigenvalue weighted by Gasteiger charge is 2.49. The number of hydrogen-bond acceptors (Lipinski definition) is 6. The second-order valence-corrected chi connectivity index (χ2v) is 3.49. The lowest BCUT2D eigenvalue weighted by molar-refractivity contribution is -0.153. The lowest BCUT2D eigenvalue weighted by atomic mass is 10.1. The molecule has 1 aliphatic heterocycles. The molecular weight excluding hydrogens is 216 g/mol. The van der Waals surface area contributed by atoms with Crippen LogP contribution >= 0.6 is 0 Å². The Hall–Kier alpha value is -0.690. The molecule has 0 amide bonds. The van der Waals surface area contributed by atoms with Crippen molar-refractivity contribution in [2.75, 3.05) is 35.0 Å². The van der Waals surface area contributed by atoms with Crippen LogP contribution in [0.3, 0.4) is 0 Å². The number of carbonyl (C=O) groups excluding carboxylic acids is 1. The van der Waals surface area contributed by atoms with Gasteiger partial charge in [-0.1, -0.05) is 0 Å². The van der Waals surface area contributed by atoms with Crippen molar-refractivity contribution >= 4 is 5.97 Å². The molecule has 0 radical (unpaired) electrons. The summed E-state index contributed by atoms with van der Waals surface area (Å²) in [5.74, 6) is -0.433. The summed E-state index contributed by atoms with van der Waals surface area (Å²) >= 11 is 0. The zero-order chi connectivity index (χ0) is 12.1. The zero-order valence-corrected chi connectivity index (χ0v) is 9.97. The second-order valence-electron chi connectivity index (χ2n) is 3.49. The van der Waals surface area contributed by atoms with E-state index in [4.69, 9.17) is 23.7 Å². The van der Waals surface area contributed by atoms with Crippen LogP contribution in [0, 0.1) is 0 Å². The minimum absolute atomic E-state index is 0.324. The second kappa shape index (κ2) is 6.15. The van der Waals surface area contributed by atoms with E-state index in [1.807, 2.05) is 0 Å². The van der Waals surface area contributed by atoms with Gasteiger partial charge in [-0.25, -0.2) is 4.79 Å². The molecule has 0 aliphatic carbocycles. The van der Waals surface area contributed by atoms with Gasteiger partial charge < -0.3 is 23.7 Å². The van der Waals surface area contributed by atoms with Crippen LogP contribution in [-0.2, 0) is 28.5 Å². The average molecular weight is 234 g/mol. The largest absolute Gasteiger partial charge is 0.455 e. The molecule has 0 aromatic heterocycles. The summed E-state index contributed by atoms with van der Waals surface area (Å²) in [6.07, 6.45) is -2.05. The molecule has 0 bridgehead atoms. The van der Waals surface area contributed by atoms with Crippen molar-refractivity contribution in [3.8, 4) is 0 Å². The minimum atomic E-state index is -0.704. The fourth-order valence-electron chi connectivity index (χ4n) is 1.81. The van der Waals surface area contributed by atoms with Crippen LogP contribution in [-0.4, -0.2) is 65.4 Å². The van der Waals surface area contributed by atoms with Crippen LogP contribution in [0.2, 0.25) is 0 Å². The molecular formula is C10H18O6. The van der Waals surface area contributed by atoms with E-state index in [-0.39, 0.29) is 6.10 Å². The summed E-state index contributed by atoms with van der Waals surface area (Å²) in [7, 11) is 6.03. The molecule has 94 valence electrons.